The molecular formula is C19H40IN5O. The van der Waals surface area contributed by atoms with E-state index in [9.17, 15) is 4.79 Å². The maximum absolute atomic E-state index is 12.7. The van der Waals surface area contributed by atoms with Gasteiger partial charge in [0.15, 0.2) is 5.96 Å². The van der Waals surface area contributed by atoms with Crippen LogP contribution >= 0.6 is 24.0 Å². The van der Waals surface area contributed by atoms with Crippen LogP contribution in [0.15, 0.2) is 4.99 Å². The minimum atomic E-state index is -0.306. The summed E-state index contributed by atoms with van der Waals surface area (Å²) < 4.78 is 0. The van der Waals surface area contributed by atoms with Crippen molar-refractivity contribution in [1.82, 2.24) is 20.4 Å². The highest BCUT2D eigenvalue weighted by Crippen LogP contribution is 2.39. The van der Waals surface area contributed by atoms with Crippen LogP contribution < -0.4 is 10.6 Å². The molecule has 0 aromatic rings. The molecule has 154 valence electrons. The molecule has 0 unspecified atom stereocenters. The molecule has 0 atom stereocenters. The van der Waals surface area contributed by atoms with Gasteiger partial charge in [0.2, 0.25) is 5.91 Å². The van der Waals surface area contributed by atoms with Crippen molar-refractivity contribution in [2.45, 2.75) is 59.4 Å². The summed E-state index contributed by atoms with van der Waals surface area (Å²) in [5.41, 5.74) is -0.306. The first kappa shape index (κ1) is 25.4. The van der Waals surface area contributed by atoms with Crippen molar-refractivity contribution in [2.24, 2.45) is 10.4 Å². The molecule has 0 heterocycles. The minimum absolute atomic E-state index is 0. The van der Waals surface area contributed by atoms with Crippen molar-refractivity contribution in [3.63, 3.8) is 0 Å². The topological polar surface area (TPSA) is 60.0 Å². The Morgan fingerprint density at radius 1 is 1.15 bits per heavy atom. The molecule has 7 heteroatoms. The third-order valence-corrected chi connectivity index (χ3v) is 5.13. The summed E-state index contributed by atoms with van der Waals surface area (Å²) in [6.07, 6.45) is 4.14. The summed E-state index contributed by atoms with van der Waals surface area (Å²) in [6, 6.07) is 0.547. The van der Waals surface area contributed by atoms with Crippen molar-refractivity contribution < 1.29 is 4.79 Å². The summed E-state index contributed by atoms with van der Waals surface area (Å²) in [5.74, 6) is 1.04. The van der Waals surface area contributed by atoms with Crippen LogP contribution in [0.2, 0.25) is 0 Å². The average Bonchev–Trinajstić information content (AvgIpc) is 3.05. The summed E-state index contributed by atoms with van der Waals surface area (Å²) in [6.45, 7) is 13.0. The van der Waals surface area contributed by atoms with Crippen LogP contribution in [-0.2, 0) is 4.79 Å². The van der Waals surface area contributed by atoms with E-state index in [0.717, 1.165) is 57.8 Å². The Morgan fingerprint density at radius 2 is 1.77 bits per heavy atom. The molecule has 0 aliphatic heterocycles. The van der Waals surface area contributed by atoms with Gasteiger partial charge in [0.25, 0.3) is 0 Å². The van der Waals surface area contributed by atoms with Crippen molar-refractivity contribution in [3.05, 3.63) is 0 Å². The molecule has 1 rings (SSSR count). The third kappa shape index (κ3) is 7.58. The van der Waals surface area contributed by atoms with E-state index < -0.39 is 0 Å². The van der Waals surface area contributed by atoms with E-state index in [1.807, 2.05) is 14.1 Å². The minimum Gasteiger partial charge on any atom is -0.357 e. The Bertz CT molecular complexity index is 434. The van der Waals surface area contributed by atoms with E-state index in [4.69, 9.17) is 4.99 Å². The Labute approximate surface area is 177 Å². The normalized spacial score (nSPS) is 16.5. The number of likely N-dealkylation sites (N-methyl/N-ethyl adjacent to an activating group) is 1. The molecule has 0 aromatic heterocycles. The van der Waals surface area contributed by atoms with Gasteiger partial charge in [-0.2, -0.15) is 0 Å². The zero-order valence-electron chi connectivity index (χ0n) is 17.6. The van der Waals surface area contributed by atoms with E-state index in [1.54, 1.807) is 4.90 Å². The molecule has 1 aliphatic carbocycles. The van der Waals surface area contributed by atoms with Crippen LogP contribution in [0.5, 0.6) is 0 Å². The molecule has 0 radical (unpaired) electrons. The molecular weight excluding hydrogens is 441 g/mol. The standard InChI is InChI=1S/C19H39N5O.HI/c1-7-20-18(21-13-14-24(8-2)16(3)4)22-15-19(11-9-10-12-19)17(25)23(5)6;/h16H,7-15H2,1-6H3,(H2,20,21,22);1H. The number of hydrogen-bond donors (Lipinski definition) is 2. The maximum atomic E-state index is 12.7. The van der Waals surface area contributed by atoms with Crippen molar-refractivity contribution >= 4 is 35.8 Å². The highest BCUT2D eigenvalue weighted by atomic mass is 127. The monoisotopic (exact) mass is 481 g/mol. The van der Waals surface area contributed by atoms with Gasteiger partial charge in [-0.15, -0.1) is 24.0 Å². The lowest BCUT2D eigenvalue weighted by atomic mass is 9.85. The van der Waals surface area contributed by atoms with Crippen LogP contribution in [0.1, 0.15) is 53.4 Å². The molecule has 2 N–H and O–H groups in total. The van der Waals surface area contributed by atoms with Crippen molar-refractivity contribution in [2.75, 3.05) is 46.8 Å². The lowest BCUT2D eigenvalue weighted by molar-refractivity contribution is -0.138. The fourth-order valence-corrected chi connectivity index (χ4v) is 3.64. The predicted molar refractivity (Wildman–Crippen MR) is 121 cm³/mol. The second kappa shape index (κ2) is 12.8. The van der Waals surface area contributed by atoms with E-state index in [2.05, 4.69) is 43.2 Å². The summed E-state index contributed by atoms with van der Waals surface area (Å²) >= 11 is 0. The smallest absolute Gasteiger partial charge is 0.230 e. The first-order valence-electron chi connectivity index (χ1n) is 9.84. The van der Waals surface area contributed by atoms with Gasteiger partial charge in [-0.05, 0) is 40.2 Å². The number of halogens is 1. The quantitative estimate of drug-likeness (QED) is 0.302. The van der Waals surface area contributed by atoms with E-state index in [1.165, 1.54) is 0 Å². The number of carbonyl (C=O) groups excluding carboxylic acids is 1. The third-order valence-electron chi connectivity index (χ3n) is 5.13. The fraction of sp³-hybridized carbons (Fsp3) is 0.895. The van der Waals surface area contributed by atoms with Crippen LogP contribution in [-0.4, -0.2) is 74.5 Å². The van der Waals surface area contributed by atoms with Crippen molar-refractivity contribution in [1.29, 1.82) is 0 Å². The van der Waals surface area contributed by atoms with Crippen LogP contribution in [0.3, 0.4) is 0 Å². The van der Waals surface area contributed by atoms with E-state index >= 15 is 0 Å². The van der Waals surface area contributed by atoms with Crippen LogP contribution in [0.4, 0.5) is 0 Å². The second-order valence-corrected chi connectivity index (χ2v) is 7.53. The van der Waals surface area contributed by atoms with Crippen molar-refractivity contribution in [3.8, 4) is 0 Å². The lowest BCUT2D eigenvalue weighted by Crippen LogP contribution is -2.45. The highest BCUT2D eigenvalue weighted by molar-refractivity contribution is 14.0. The summed E-state index contributed by atoms with van der Waals surface area (Å²) in [7, 11) is 3.70. The molecule has 0 aromatic carbocycles. The average molecular weight is 481 g/mol. The number of hydrogen-bond acceptors (Lipinski definition) is 3. The number of rotatable bonds is 9. The number of guanidine groups is 1. The predicted octanol–water partition coefficient (Wildman–Crippen LogP) is 2.54. The van der Waals surface area contributed by atoms with Crippen LogP contribution in [0, 0.1) is 5.41 Å². The van der Waals surface area contributed by atoms with Gasteiger partial charge in [0.1, 0.15) is 0 Å². The molecule has 26 heavy (non-hydrogen) atoms. The first-order chi connectivity index (χ1) is 11.9. The van der Waals surface area contributed by atoms with Crippen LogP contribution in [0.25, 0.3) is 0 Å². The van der Waals surface area contributed by atoms with Gasteiger partial charge in [-0.25, -0.2) is 0 Å². The largest absolute Gasteiger partial charge is 0.357 e. The molecule has 6 nitrogen and oxygen atoms in total. The van der Waals surface area contributed by atoms with Gasteiger partial charge in [0.05, 0.1) is 12.0 Å². The summed E-state index contributed by atoms with van der Waals surface area (Å²) in [4.78, 5) is 21.6. The van der Waals surface area contributed by atoms with Gasteiger partial charge in [-0.3, -0.25) is 14.7 Å². The molecule has 1 aliphatic rings. The molecule has 0 spiro atoms. The second-order valence-electron chi connectivity index (χ2n) is 7.53. The fourth-order valence-electron chi connectivity index (χ4n) is 3.64. The zero-order chi connectivity index (χ0) is 18.9. The first-order valence-corrected chi connectivity index (χ1v) is 9.84. The van der Waals surface area contributed by atoms with E-state index in [-0.39, 0.29) is 35.3 Å². The number of nitrogens with one attached hydrogen (secondary N) is 2. The number of aliphatic imine (C=N–C) groups is 1. The van der Waals surface area contributed by atoms with E-state index in [0.29, 0.717) is 12.6 Å². The van der Waals surface area contributed by atoms with Gasteiger partial charge in [-0.1, -0.05) is 19.8 Å². The van der Waals surface area contributed by atoms with Gasteiger partial charge < -0.3 is 15.5 Å². The summed E-state index contributed by atoms with van der Waals surface area (Å²) in [5, 5.41) is 6.73. The number of carbonyl (C=O) groups is 1. The highest BCUT2D eigenvalue weighted by Gasteiger charge is 2.42. The Hall–Kier alpha value is -0.570. The maximum Gasteiger partial charge on any atom is 0.230 e. The van der Waals surface area contributed by atoms with Gasteiger partial charge in [0, 0.05) is 39.8 Å². The Morgan fingerprint density at radius 3 is 2.23 bits per heavy atom. The lowest BCUT2D eigenvalue weighted by Gasteiger charge is -2.29. The molecule has 0 saturated heterocycles. The molecule has 1 fully saturated rings. The van der Waals surface area contributed by atoms with Gasteiger partial charge >= 0.3 is 0 Å². The zero-order valence-corrected chi connectivity index (χ0v) is 19.9. The Kier molecular flexibility index (Phi) is 12.5. The number of amides is 1. The molecule has 0 bridgehead atoms. The molecule has 1 amide bonds. The molecule has 1 saturated carbocycles. The number of nitrogens with zero attached hydrogens (tertiary/aromatic N) is 3. The Balaban J connectivity index is 0.00000625. The SMILES string of the molecule is CCNC(=NCC1(C(=O)N(C)C)CCCC1)NCCN(CC)C(C)C.I.